The van der Waals surface area contributed by atoms with Gasteiger partial charge in [0.1, 0.15) is 11.2 Å². The van der Waals surface area contributed by atoms with Crippen molar-refractivity contribution in [1.29, 1.82) is 0 Å². The number of esters is 2. The van der Waals surface area contributed by atoms with Gasteiger partial charge in [-0.15, -0.1) is 0 Å². The number of pyridine rings is 2. The number of aromatic nitrogens is 2. The molecule has 9 heteroatoms. The van der Waals surface area contributed by atoms with Gasteiger partial charge in [-0.25, -0.2) is 14.6 Å². The molecule has 3 rings (SSSR count). The molecule has 1 amide bonds. The SMILES string of the molecule is CCn1c(=O)c(C(=O)Nc2cc(C(=O)OC)ccc2C(=O)OC)cc2cccnc21. The van der Waals surface area contributed by atoms with Crippen LogP contribution >= 0.6 is 0 Å². The fourth-order valence-corrected chi connectivity index (χ4v) is 3.03. The second-order valence-electron chi connectivity index (χ2n) is 6.22. The number of aryl methyl sites for hydroxylation is 1. The number of nitrogens with zero attached hydrogens (tertiary/aromatic N) is 2. The molecule has 0 aliphatic carbocycles. The van der Waals surface area contributed by atoms with Gasteiger partial charge in [0.2, 0.25) is 0 Å². The second-order valence-corrected chi connectivity index (χ2v) is 6.22. The Bertz CT molecular complexity index is 1220. The number of anilines is 1. The lowest BCUT2D eigenvalue weighted by Crippen LogP contribution is -2.30. The highest BCUT2D eigenvalue weighted by Crippen LogP contribution is 2.21. The minimum absolute atomic E-state index is 0.0171. The first kappa shape index (κ1) is 20.7. The van der Waals surface area contributed by atoms with Gasteiger partial charge < -0.3 is 14.8 Å². The summed E-state index contributed by atoms with van der Waals surface area (Å²) in [5.41, 5.74) is -0.0274. The molecule has 3 aromatic rings. The number of amides is 1. The molecule has 0 fully saturated rings. The summed E-state index contributed by atoms with van der Waals surface area (Å²) in [5, 5.41) is 3.15. The van der Waals surface area contributed by atoms with E-state index in [1.54, 1.807) is 25.3 Å². The van der Waals surface area contributed by atoms with Crippen LogP contribution in [0, 0.1) is 0 Å². The normalized spacial score (nSPS) is 10.5. The highest BCUT2D eigenvalue weighted by Gasteiger charge is 2.20. The van der Waals surface area contributed by atoms with Gasteiger partial charge in [-0.2, -0.15) is 0 Å². The number of methoxy groups -OCH3 is 2. The molecule has 0 bridgehead atoms. The number of hydrogen-bond donors (Lipinski definition) is 1. The third-order valence-corrected chi connectivity index (χ3v) is 4.50. The Morgan fingerprint density at radius 2 is 1.77 bits per heavy atom. The van der Waals surface area contributed by atoms with Crippen molar-refractivity contribution in [2.24, 2.45) is 0 Å². The van der Waals surface area contributed by atoms with E-state index in [-0.39, 0.29) is 22.4 Å². The predicted molar refractivity (Wildman–Crippen MR) is 109 cm³/mol. The number of carbonyl (C=O) groups excluding carboxylic acids is 3. The van der Waals surface area contributed by atoms with Crippen molar-refractivity contribution in [2.75, 3.05) is 19.5 Å². The smallest absolute Gasteiger partial charge is 0.339 e. The first-order chi connectivity index (χ1) is 14.4. The standard InChI is InChI=1S/C21H19N3O6/c1-4-24-17-12(6-5-9-22-17)10-15(19(24)26)18(25)23-16-11-13(20(27)29-2)7-8-14(16)21(28)30-3/h5-11H,4H2,1-3H3,(H,23,25). The quantitative estimate of drug-likeness (QED) is 0.642. The van der Waals surface area contributed by atoms with Crippen LogP contribution < -0.4 is 10.9 Å². The lowest BCUT2D eigenvalue weighted by molar-refractivity contribution is 0.0587. The molecular weight excluding hydrogens is 390 g/mol. The fourth-order valence-electron chi connectivity index (χ4n) is 3.03. The summed E-state index contributed by atoms with van der Waals surface area (Å²) in [7, 11) is 2.41. The molecule has 30 heavy (non-hydrogen) atoms. The van der Waals surface area contributed by atoms with Gasteiger partial charge in [0.15, 0.2) is 0 Å². The Morgan fingerprint density at radius 3 is 2.43 bits per heavy atom. The Labute approximate surface area is 171 Å². The lowest BCUT2D eigenvalue weighted by atomic mass is 10.1. The second kappa shape index (κ2) is 8.56. The van der Waals surface area contributed by atoms with Crippen LogP contribution in [0.15, 0.2) is 47.4 Å². The van der Waals surface area contributed by atoms with Gasteiger partial charge in [0.05, 0.1) is 31.0 Å². The van der Waals surface area contributed by atoms with Crippen molar-refractivity contribution in [1.82, 2.24) is 9.55 Å². The van der Waals surface area contributed by atoms with E-state index in [0.29, 0.717) is 17.6 Å². The summed E-state index contributed by atoms with van der Waals surface area (Å²) in [5.74, 6) is -2.09. The van der Waals surface area contributed by atoms with Crippen LogP contribution in [-0.4, -0.2) is 41.6 Å². The van der Waals surface area contributed by atoms with Gasteiger partial charge in [0, 0.05) is 18.1 Å². The van der Waals surface area contributed by atoms with Gasteiger partial charge in [-0.3, -0.25) is 14.2 Å². The summed E-state index contributed by atoms with van der Waals surface area (Å²) in [4.78, 5) is 53.9. The molecule has 9 nitrogen and oxygen atoms in total. The van der Waals surface area contributed by atoms with Crippen LogP contribution in [0.5, 0.6) is 0 Å². The monoisotopic (exact) mass is 409 g/mol. The van der Waals surface area contributed by atoms with E-state index in [9.17, 15) is 19.2 Å². The average Bonchev–Trinajstić information content (AvgIpc) is 2.77. The Hall–Kier alpha value is -4.01. The third kappa shape index (κ3) is 3.77. The van der Waals surface area contributed by atoms with E-state index in [1.165, 1.54) is 43.1 Å². The number of carbonyl (C=O) groups is 3. The largest absolute Gasteiger partial charge is 0.465 e. The molecule has 0 saturated heterocycles. The molecule has 1 aromatic carbocycles. The highest BCUT2D eigenvalue weighted by atomic mass is 16.5. The summed E-state index contributed by atoms with van der Waals surface area (Å²) in [6.45, 7) is 2.09. The van der Waals surface area contributed by atoms with Crippen LogP contribution in [0.25, 0.3) is 11.0 Å². The van der Waals surface area contributed by atoms with Crippen molar-refractivity contribution in [3.8, 4) is 0 Å². The maximum Gasteiger partial charge on any atom is 0.339 e. The van der Waals surface area contributed by atoms with E-state index in [1.807, 2.05) is 0 Å². The lowest BCUT2D eigenvalue weighted by Gasteiger charge is -2.13. The van der Waals surface area contributed by atoms with Crippen molar-refractivity contribution >= 4 is 34.6 Å². The molecule has 0 aliphatic rings. The topological polar surface area (TPSA) is 117 Å². The number of ether oxygens (including phenoxy) is 2. The van der Waals surface area contributed by atoms with Crippen LogP contribution in [0.3, 0.4) is 0 Å². The van der Waals surface area contributed by atoms with Gasteiger partial charge >= 0.3 is 11.9 Å². The molecule has 2 heterocycles. The van der Waals surface area contributed by atoms with Crippen LogP contribution in [0.2, 0.25) is 0 Å². The minimum atomic E-state index is -0.736. The molecule has 0 spiro atoms. The molecular formula is C21H19N3O6. The van der Waals surface area contributed by atoms with E-state index in [4.69, 9.17) is 4.74 Å². The number of nitrogens with one attached hydrogen (secondary N) is 1. The van der Waals surface area contributed by atoms with Gasteiger partial charge in [-0.1, -0.05) is 0 Å². The van der Waals surface area contributed by atoms with E-state index in [0.717, 1.165) is 0 Å². The molecule has 0 unspecified atom stereocenters. The summed E-state index contributed by atoms with van der Waals surface area (Å²) in [6.07, 6.45) is 1.56. The van der Waals surface area contributed by atoms with E-state index >= 15 is 0 Å². The Kier molecular flexibility index (Phi) is 5.91. The molecule has 1 N–H and O–H groups in total. The average molecular weight is 409 g/mol. The molecule has 2 aromatic heterocycles. The summed E-state index contributed by atoms with van der Waals surface area (Å²) in [6, 6.07) is 8.87. The molecule has 154 valence electrons. The zero-order valence-electron chi connectivity index (χ0n) is 16.6. The highest BCUT2D eigenvalue weighted by molar-refractivity contribution is 6.09. The van der Waals surface area contributed by atoms with E-state index < -0.39 is 23.4 Å². The zero-order valence-corrected chi connectivity index (χ0v) is 16.6. The first-order valence-electron chi connectivity index (χ1n) is 9.01. The van der Waals surface area contributed by atoms with Gasteiger partial charge in [0.25, 0.3) is 11.5 Å². The summed E-state index contributed by atoms with van der Waals surface area (Å²) >= 11 is 0. The molecule has 0 saturated carbocycles. The molecule has 0 radical (unpaired) electrons. The summed E-state index contributed by atoms with van der Waals surface area (Å²) < 4.78 is 10.8. The van der Waals surface area contributed by atoms with Crippen molar-refractivity contribution in [3.05, 3.63) is 69.6 Å². The fraction of sp³-hybridized carbons (Fsp3) is 0.190. The number of hydrogen-bond acceptors (Lipinski definition) is 7. The maximum atomic E-state index is 12.9. The zero-order chi connectivity index (χ0) is 21.8. The molecule has 0 aliphatic heterocycles. The van der Waals surface area contributed by atoms with Crippen LogP contribution in [0.1, 0.15) is 38.0 Å². The van der Waals surface area contributed by atoms with Crippen molar-refractivity contribution in [3.63, 3.8) is 0 Å². The van der Waals surface area contributed by atoms with E-state index in [2.05, 4.69) is 15.0 Å². The van der Waals surface area contributed by atoms with Crippen molar-refractivity contribution in [2.45, 2.75) is 13.5 Å². The Morgan fingerprint density at radius 1 is 1.03 bits per heavy atom. The maximum absolute atomic E-state index is 12.9. The Balaban J connectivity index is 2.09. The first-order valence-corrected chi connectivity index (χ1v) is 9.01. The number of fused-ring (bicyclic) bond motifs is 1. The number of rotatable bonds is 5. The van der Waals surface area contributed by atoms with Crippen LogP contribution in [-0.2, 0) is 16.0 Å². The van der Waals surface area contributed by atoms with Gasteiger partial charge in [-0.05, 0) is 43.3 Å². The third-order valence-electron chi connectivity index (χ3n) is 4.50. The number of benzene rings is 1. The van der Waals surface area contributed by atoms with Crippen molar-refractivity contribution < 1.29 is 23.9 Å². The van der Waals surface area contributed by atoms with Crippen LogP contribution in [0.4, 0.5) is 5.69 Å². The predicted octanol–water partition coefficient (Wildman–Crippen LogP) is 2.24. The minimum Gasteiger partial charge on any atom is -0.465 e. The molecule has 0 atom stereocenters.